The summed E-state index contributed by atoms with van der Waals surface area (Å²) in [6, 6.07) is 7.26. The first-order chi connectivity index (χ1) is 17.5. The number of hydrogen-bond donors (Lipinski definition) is 1. The molecule has 10 heteroatoms. The first-order valence-electron chi connectivity index (χ1n) is 11.6. The largest absolute Gasteiger partial charge is 0.507 e. The molecule has 36 heavy (non-hydrogen) atoms. The minimum Gasteiger partial charge on any atom is -0.507 e. The smallest absolute Gasteiger partial charge is 0.295 e. The van der Waals surface area contributed by atoms with Gasteiger partial charge in [0, 0.05) is 18.7 Å². The Bertz CT molecular complexity index is 1230. The Hall–Kier alpha value is -3.92. The lowest BCUT2D eigenvalue weighted by Gasteiger charge is -2.28. The zero-order chi connectivity index (χ0) is 25.4. The molecule has 0 bridgehead atoms. The lowest BCUT2D eigenvalue weighted by Crippen LogP contribution is -2.36. The third-order valence-electron chi connectivity index (χ3n) is 6.62. The molecule has 10 nitrogen and oxygen atoms in total. The number of hydrogen-bond acceptors (Lipinski definition) is 9. The number of carbonyl (C=O) groups excluding carboxylic acids is 2. The Labute approximate surface area is 207 Å². The van der Waals surface area contributed by atoms with Crippen molar-refractivity contribution in [1.29, 1.82) is 0 Å². The lowest BCUT2D eigenvalue weighted by atomic mass is 9.94. The number of amides is 1. The van der Waals surface area contributed by atoms with Crippen LogP contribution >= 0.6 is 0 Å². The summed E-state index contributed by atoms with van der Waals surface area (Å²) >= 11 is 0. The molecule has 0 radical (unpaired) electrons. The Morgan fingerprint density at radius 2 is 1.81 bits per heavy atom. The third-order valence-corrected chi connectivity index (χ3v) is 6.62. The van der Waals surface area contributed by atoms with Gasteiger partial charge in [0.15, 0.2) is 23.0 Å². The van der Waals surface area contributed by atoms with Gasteiger partial charge in [-0.1, -0.05) is 0 Å². The molecular formula is C26H27NO9. The second-order valence-corrected chi connectivity index (χ2v) is 8.61. The standard InChI is InChI=1S/C26H27NO9/c1-31-17-7-6-14(9-18(17)32-2)23(28)21-22(15-10-19(33-3)25-20(11-15)35-13-36-25)27(26(30)24(21)29)12-16-5-4-8-34-16/h6-7,9-11,16,22,28H,4-5,8,12-13H2,1-3H3/b23-21+. The number of nitrogens with zero attached hydrogens (tertiary/aromatic N) is 1. The van der Waals surface area contributed by atoms with Crippen molar-refractivity contribution in [2.24, 2.45) is 0 Å². The van der Waals surface area contributed by atoms with Crippen LogP contribution in [0.1, 0.15) is 30.0 Å². The van der Waals surface area contributed by atoms with Crippen LogP contribution in [0.3, 0.4) is 0 Å². The number of aliphatic hydroxyl groups is 1. The third kappa shape index (κ3) is 3.97. The summed E-state index contributed by atoms with van der Waals surface area (Å²) in [4.78, 5) is 28.1. The van der Waals surface area contributed by atoms with E-state index >= 15 is 0 Å². The van der Waals surface area contributed by atoms with E-state index in [0.29, 0.717) is 46.5 Å². The van der Waals surface area contributed by atoms with Gasteiger partial charge >= 0.3 is 0 Å². The highest BCUT2D eigenvalue weighted by Crippen LogP contribution is 2.48. The number of Topliss-reactive ketones (excluding diaryl/α,β-unsaturated/α-hetero) is 1. The topological polar surface area (TPSA) is 113 Å². The molecule has 190 valence electrons. The Balaban J connectivity index is 1.66. The van der Waals surface area contributed by atoms with Crippen molar-refractivity contribution < 1.29 is 43.1 Å². The van der Waals surface area contributed by atoms with Crippen molar-refractivity contribution in [2.45, 2.75) is 25.0 Å². The van der Waals surface area contributed by atoms with Crippen LogP contribution in [0.2, 0.25) is 0 Å². The van der Waals surface area contributed by atoms with Gasteiger partial charge in [0.25, 0.3) is 11.7 Å². The van der Waals surface area contributed by atoms with Crippen LogP contribution in [-0.4, -0.2) is 69.1 Å². The number of fused-ring (bicyclic) bond motifs is 1. The van der Waals surface area contributed by atoms with E-state index in [1.54, 1.807) is 30.3 Å². The van der Waals surface area contributed by atoms with Gasteiger partial charge in [-0.2, -0.15) is 0 Å². The number of carbonyl (C=O) groups is 2. The van der Waals surface area contributed by atoms with E-state index in [-0.39, 0.29) is 30.8 Å². The number of rotatable bonds is 7. The molecule has 0 aromatic heterocycles. The summed E-state index contributed by atoms with van der Waals surface area (Å²) in [6.45, 7) is 0.828. The number of methoxy groups -OCH3 is 3. The Kier molecular flexibility index (Phi) is 6.36. The van der Waals surface area contributed by atoms with Gasteiger partial charge in [-0.3, -0.25) is 9.59 Å². The fourth-order valence-corrected chi connectivity index (χ4v) is 4.87. The zero-order valence-corrected chi connectivity index (χ0v) is 20.2. The summed E-state index contributed by atoms with van der Waals surface area (Å²) in [7, 11) is 4.47. The Morgan fingerprint density at radius 3 is 2.50 bits per heavy atom. The molecule has 0 spiro atoms. The molecule has 2 fully saturated rings. The zero-order valence-electron chi connectivity index (χ0n) is 20.2. The minimum atomic E-state index is -0.898. The molecule has 0 aliphatic carbocycles. The summed E-state index contributed by atoms with van der Waals surface area (Å²) in [5, 5.41) is 11.4. The highest BCUT2D eigenvalue weighted by molar-refractivity contribution is 6.46. The predicted molar refractivity (Wildman–Crippen MR) is 127 cm³/mol. The van der Waals surface area contributed by atoms with Crippen LogP contribution in [0.5, 0.6) is 28.7 Å². The maximum Gasteiger partial charge on any atom is 0.295 e. The number of benzene rings is 2. The van der Waals surface area contributed by atoms with Gasteiger partial charge in [0.05, 0.1) is 39.0 Å². The molecule has 2 saturated heterocycles. The molecule has 3 heterocycles. The van der Waals surface area contributed by atoms with Gasteiger partial charge in [-0.15, -0.1) is 0 Å². The average Bonchev–Trinajstić information content (AvgIpc) is 3.64. The number of ether oxygens (including phenoxy) is 6. The quantitative estimate of drug-likeness (QED) is 0.350. The molecular weight excluding hydrogens is 470 g/mol. The normalized spacial score (nSPS) is 22.2. The van der Waals surface area contributed by atoms with E-state index in [1.165, 1.54) is 26.2 Å². The van der Waals surface area contributed by atoms with Gasteiger partial charge in [-0.25, -0.2) is 0 Å². The molecule has 2 atom stereocenters. The molecule has 5 rings (SSSR count). The van der Waals surface area contributed by atoms with E-state index in [0.717, 1.165) is 12.8 Å². The number of likely N-dealkylation sites (tertiary alicyclic amines) is 1. The maximum atomic E-state index is 13.4. The molecule has 0 saturated carbocycles. The number of ketones is 1. The van der Waals surface area contributed by atoms with E-state index in [1.807, 2.05) is 0 Å². The van der Waals surface area contributed by atoms with Gasteiger partial charge < -0.3 is 38.4 Å². The number of aliphatic hydroxyl groups excluding tert-OH is 1. The second-order valence-electron chi connectivity index (χ2n) is 8.61. The van der Waals surface area contributed by atoms with Crippen LogP contribution < -0.4 is 23.7 Å². The highest BCUT2D eigenvalue weighted by atomic mass is 16.7. The SMILES string of the molecule is COc1ccc(/C(O)=C2\C(=O)C(=O)N(CC3CCCO3)C2c2cc(OC)c3c(c2)OCO3)cc1OC. The minimum absolute atomic E-state index is 0.0247. The van der Waals surface area contributed by atoms with Gasteiger partial charge in [0.1, 0.15) is 5.76 Å². The Morgan fingerprint density at radius 1 is 1.03 bits per heavy atom. The molecule has 2 aromatic rings. The predicted octanol–water partition coefficient (Wildman–Crippen LogP) is 3.04. The van der Waals surface area contributed by atoms with Crippen molar-refractivity contribution in [3.05, 3.63) is 47.0 Å². The highest BCUT2D eigenvalue weighted by Gasteiger charge is 2.47. The van der Waals surface area contributed by atoms with E-state index in [9.17, 15) is 14.7 Å². The van der Waals surface area contributed by atoms with E-state index in [2.05, 4.69) is 0 Å². The molecule has 3 aliphatic rings. The fourth-order valence-electron chi connectivity index (χ4n) is 4.87. The van der Waals surface area contributed by atoms with Crippen LogP contribution in [0.4, 0.5) is 0 Å². The second kappa shape index (κ2) is 9.62. The fraction of sp³-hybridized carbons (Fsp3) is 0.385. The van der Waals surface area contributed by atoms with Crippen molar-refractivity contribution in [1.82, 2.24) is 4.90 Å². The molecule has 2 unspecified atom stereocenters. The monoisotopic (exact) mass is 497 g/mol. The van der Waals surface area contributed by atoms with Crippen molar-refractivity contribution >= 4 is 17.4 Å². The van der Waals surface area contributed by atoms with Crippen LogP contribution in [0, 0.1) is 0 Å². The van der Waals surface area contributed by atoms with E-state index < -0.39 is 17.7 Å². The molecule has 3 aliphatic heterocycles. The molecule has 1 amide bonds. The summed E-state index contributed by atoms with van der Waals surface area (Å²) in [6.07, 6.45) is 1.45. The van der Waals surface area contributed by atoms with Gasteiger partial charge in [0.2, 0.25) is 12.5 Å². The van der Waals surface area contributed by atoms with Gasteiger partial charge in [-0.05, 0) is 48.7 Å². The van der Waals surface area contributed by atoms with Crippen LogP contribution in [0.15, 0.2) is 35.9 Å². The van der Waals surface area contributed by atoms with Crippen molar-refractivity contribution in [3.63, 3.8) is 0 Å². The maximum absolute atomic E-state index is 13.4. The summed E-state index contributed by atoms with van der Waals surface area (Å²) < 4.78 is 33.0. The first-order valence-corrected chi connectivity index (χ1v) is 11.6. The first kappa shape index (κ1) is 23.8. The average molecular weight is 498 g/mol. The van der Waals surface area contributed by atoms with Crippen LogP contribution in [0.25, 0.3) is 5.76 Å². The summed E-state index contributed by atoms with van der Waals surface area (Å²) in [5.41, 5.74) is 0.793. The van der Waals surface area contributed by atoms with Crippen molar-refractivity contribution in [2.75, 3.05) is 41.3 Å². The van der Waals surface area contributed by atoms with Crippen LogP contribution in [-0.2, 0) is 14.3 Å². The molecule has 2 aromatic carbocycles. The van der Waals surface area contributed by atoms with E-state index in [4.69, 9.17) is 28.4 Å². The van der Waals surface area contributed by atoms with Crippen molar-refractivity contribution in [3.8, 4) is 28.7 Å². The lowest BCUT2D eigenvalue weighted by molar-refractivity contribution is -0.140. The summed E-state index contributed by atoms with van der Waals surface area (Å²) in [5.74, 6) is 0.271. The molecule has 1 N–H and O–H groups in total.